The molecule has 0 aliphatic carbocycles. The van der Waals surface area contributed by atoms with Crippen molar-refractivity contribution in [2.45, 2.75) is 13.0 Å². The van der Waals surface area contributed by atoms with Crippen molar-refractivity contribution in [3.8, 4) is 5.75 Å². The monoisotopic (exact) mass is 455 g/mol. The maximum absolute atomic E-state index is 13.1. The summed E-state index contributed by atoms with van der Waals surface area (Å²) in [5.41, 5.74) is 0. The molecular weight excluding hydrogens is 428 g/mol. The van der Waals surface area contributed by atoms with Crippen molar-refractivity contribution in [1.29, 1.82) is 0 Å². The average Bonchev–Trinajstić information content (AvgIpc) is 2.53. The lowest BCUT2D eigenvalue weighted by molar-refractivity contribution is 0.0733. The third-order valence-corrected chi connectivity index (χ3v) is 2.88. The topological polar surface area (TPSA) is 64.1 Å². The highest BCUT2D eigenvalue weighted by Gasteiger charge is 2.06. The fourth-order valence-corrected chi connectivity index (χ4v) is 1.76. The van der Waals surface area contributed by atoms with E-state index in [1.54, 1.807) is 26.3 Å². The van der Waals surface area contributed by atoms with Crippen LogP contribution < -0.4 is 15.4 Å². The predicted octanol–water partition coefficient (Wildman–Crippen LogP) is 2.04. The lowest BCUT2D eigenvalue weighted by Gasteiger charge is -2.17. The summed E-state index contributed by atoms with van der Waals surface area (Å²) in [6.07, 6.45) is -0.131. The standard InChI is InChI=1S/C16H26FN3O3.HI/c1-13(23-15-6-4-5-14(17)11-15)12-20-16(18-2)19-7-8-22-10-9-21-3;/h4-6,11,13H,7-10,12H2,1-3H3,(H2,18,19,20);1H. The third-order valence-electron chi connectivity index (χ3n) is 2.88. The number of nitrogens with zero attached hydrogens (tertiary/aromatic N) is 1. The summed E-state index contributed by atoms with van der Waals surface area (Å²) >= 11 is 0. The van der Waals surface area contributed by atoms with Crippen LogP contribution in [0.25, 0.3) is 0 Å². The van der Waals surface area contributed by atoms with Crippen LogP contribution in [0.4, 0.5) is 4.39 Å². The number of halogens is 2. The quantitative estimate of drug-likeness (QED) is 0.245. The van der Waals surface area contributed by atoms with E-state index in [4.69, 9.17) is 14.2 Å². The van der Waals surface area contributed by atoms with E-state index < -0.39 is 0 Å². The molecular formula is C16H27FIN3O3. The van der Waals surface area contributed by atoms with E-state index >= 15 is 0 Å². The molecule has 138 valence electrons. The van der Waals surface area contributed by atoms with Crippen LogP contribution in [-0.2, 0) is 9.47 Å². The molecule has 0 aromatic heterocycles. The molecule has 0 heterocycles. The first-order valence-electron chi connectivity index (χ1n) is 7.59. The largest absolute Gasteiger partial charge is 0.489 e. The molecule has 2 N–H and O–H groups in total. The van der Waals surface area contributed by atoms with Crippen molar-refractivity contribution in [1.82, 2.24) is 10.6 Å². The zero-order valence-corrected chi connectivity index (χ0v) is 16.7. The SMILES string of the molecule is CN=C(NCCOCCOC)NCC(C)Oc1cccc(F)c1.I. The van der Waals surface area contributed by atoms with Crippen LogP contribution in [0.15, 0.2) is 29.3 Å². The Bertz CT molecular complexity index is 478. The second kappa shape index (κ2) is 14.2. The van der Waals surface area contributed by atoms with Gasteiger partial charge in [0.25, 0.3) is 0 Å². The summed E-state index contributed by atoms with van der Waals surface area (Å²) in [6.45, 7) is 4.81. The number of aliphatic imine (C=N–C) groups is 1. The van der Waals surface area contributed by atoms with Crippen molar-refractivity contribution >= 4 is 29.9 Å². The molecule has 1 aromatic rings. The summed E-state index contributed by atoms with van der Waals surface area (Å²) in [5.74, 6) is 0.859. The molecule has 0 saturated carbocycles. The smallest absolute Gasteiger partial charge is 0.191 e. The average molecular weight is 455 g/mol. The van der Waals surface area contributed by atoms with Crippen molar-refractivity contribution < 1.29 is 18.6 Å². The molecule has 24 heavy (non-hydrogen) atoms. The molecule has 0 aliphatic heterocycles. The third kappa shape index (κ3) is 10.6. The van der Waals surface area contributed by atoms with Gasteiger partial charge in [-0.2, -0.15) is 0 Å². The van der Waals surface area contributed by atoms with E-state index in [2.05, 4.69) is 15.6 Å². The van der Waals surface area contributed by atoms with Crippen LogP contribution in [-0.4, -0.2) is 59.1 Å². The highest BCUT2D eigenvalue weighted by Crippen LogP contribution is 2.13. The minimum Gasteiger partial charge on any atom is -0.489 e. The summed E-state index contributed by atoms with van der Waals surface area (Å²) in [6, 6.07) is 6.09. The molecule has 1 aromatic carbocycles. The second-order valence-electron chi connectivity index (χ2n) is 4.87. The van der Waals surface area contributed by atoms with E-state index in [9.17, 15) is 4.39 Å². The summed E-state index contributed by atoms with van der Waals surface area (Å²) < 4.78 is 29.0. The van der Waals surface area contributed by atoms with Crippen LogP contribution in [0.1, 0.15) is 6.92 Å². The number of hydrogen-bond acceptors (Lipinski definition) is 4. The molecule has 0 bridgehead atoms. The molecule has 0 saturated heterocycles. The zero-order valence-electron chi connectivity index (χ0n) is 14.4. The Morgan fingerprint density at radius 1 is 1.25 bits per heavy atom. The second-order valence-corrected chi connectivity index (χ2v) is 4.87. The van der Waals surface area contributed by atoms with Crippen LogP contribution >= 0.6 is 24.0 Å². The van der Waals surface area contributed by atoms with Gasteiger partial charge in [0.05, 0.1) is 26.4 Å². The van der Waals surface area contributed by atoms with Gasteiger partial charge in [0.2, 0.25) is 0 Å². The number of nitrogens with one attached hydrogen (secondary N) is 2. The van der Waals surface area contributed by atoms with Crippen LogP contribution in [0.5, 0.6) is 5.75 Å². The Morgan fingerprint density at radius 2 is 2.04 bits per heavy atom. The normalized spacial score (nSPS) is 12.2. The number of ether oxygens (including phenoxy) is 3. The molecule has 0 amide bonds. The Balaban J connectivity index is 0.00000529. The van der Waals surface area contributed by atoms with Crippen molar-refractivity contribution in [2.24, 2.45) is 4.99 Å². The van der Waals surface area contributed by atoms with Gasteiger partial charge in [0.15, 0.2) is 5.96 Å². The maximum Gasteiger partial charge on any atom is 0.191 e. The Kier molecular flexibility index (Phi) is 13.6. The number of rotatable bonds is 10. The fraction of sp³-hybridized carbons (Fsp3) is 0.562. The van der Waals surface area contributed by atoms with Crippen LogP contribution in [0.3, 0.4) is 0 Å². The predicted molar refractivity (Wildman–Crippen MR) is 104 cm³/mol. The van der Waals surface area contributed by atoms with Gasteiger partial charge in [-0.05, 0) is 19.1 Å². The van der Waals surface area contributed by atoms with E-state index in [0.717, 1.165) is 0 Å². The van der Waals surface area contributed by atoms with Gasteiger partial charge in [0, 0.05) is 26.8 Å². The van der Waals surface area contributed by atoms with E-state index in [1.807, 2.05) is 6.92 Å². The molecule has 1 rings (SSSR count). The molecule has 0 spiro atoms. The fourth-order valence-electron chi connectivity index (χ4n) is 1.76. The Hall–Kier alpha value is -1.13. The molecule has 8 heteroatoms. The van der Waals surface area contributed by atoms with Crippen molar-refractivity contribution in [2.75, 3.05) is 47.1 Å². The van der Waals surface area contributed by atoms with Gasteiger partial charge >= 0.3 is 0 Å². The van der Waals surface area contributed by atoms with E-state index in [1.165, 1.54) is 12.1 Å². The van der Waals surface area contributed by atoms with E-state index in [-0.39, 0.29) is 35.9 Å². The van der Waals surface area contributed by atoms with Gasteiger partial charge in [-0.25, -0.2) is 4.39 Å². The molecule has 0 fully saturated rings. The highest BCUT2D eigenvalue weighted by molar-refractivity contribution is 14.0. The molecule has 0 radical (unpaired) electrons. The number of hydrogen-bond donors (Lipinski definition) is 2. The molecule has 1 atom stereocenters. The maximum atomic E-state index is 13.1. The number of guanidine groups is 1. The first kappa shape index (κ1) is 22.9. The number of benzene rings is 1. The van der Waals surface area contributed by atoms with Crippen molar-refractivity contribution in [3.63, 3.8) is 0 Å². The van der Waals surface area contributed by atoms with Crippen LogP contribution in [0.2, 0.25) is 0 Å². The lowest BCUT2D eigenvalue weighted by atomic mass is 10.3. The van der Waals surface area contributed by atoms with Gasteiger partial charge < -0.3 is 24.8 Å². The van der Waals surface area contributed by atoms with Crippen LogP contribution in [0, 0.1) is 5.82 Å². The molecule has 1 unspecified atom stereocenters. The first-order chi connectivity index (χ1) is 11.2. The van der Waals surface area contributed by atoms with Gasteiger partial charge in [-0.1, -0.05) is 6.07 Å². The lowest BCUT2D eigenvalue weighted by Crippen LogP contribution is -2.42. The summed E-state index contributed by atoms with van der Waals surface area (Å²) in [7, 11) is 3.33. The molecule has 6 nitrogen and oxygen atoms in total. The minimum absolute atomic E-state index is 0. The van der Waals surface area contributed by atoms with Gasteiger partial charge in [-0.15, -0.1) is 24.0 Å². The summed E-state index contributed by atoms with van der Waals surface area (Å²) in [5, 5.41) is 6.28. The van der Waals surface area contributed by atoms with E-state index in [0.29, 0.717) is 44.6 Å². The van der Waals surface area contributed by atoms with Crippen molar-refractivity contribution in [3.05, 3.63) is 30.1 Å². The first-order valence-corrected chi connectivity index (χ1v) is 7.59. The summed E-state index contributed by atoms with van der Waals surface area (Å²) in [4.78, 5) is 4.11. The zero-order chi connectivity index (χ0) is 16.9. The Labute approximate surface area is 160 Å². The van der Waals surface area contributed by atoms with Gasteiger partial charge in [0.1, 0.15) is 17.7 Å². The number of methoxy groups -OCH3 is 1. The highest BCUT2D eigenvalue weighted by atomic mass is 127. The minimum atomic E-state index is -0.311. The molecule has 0 aliphatic rings. The Morgan fingerprint density at radius 3 is 2.71 bits per heavy atom. The van der Waals surface area contributed by atoms with Gasteiger partial charge in [-0.3, -0.25) is 4.99 Å².